The molecule has 0 aromatic heterocycles. The van der Waals surface area contributed by atoms with E-state index < -0.39 is 22.2 Å². The third kappa shape index (κ3) is 3.58. The standard InChI is InChI=1S/C10H11BrN2O5S/c11-6-1-2-8(9(3-6)19(12,15)16)17-5-7-4-13-10(14)18-7/h1-3,7H,4-5H2,(H,13,14)(H2,12,15,16). The van der Waals surface area contributed by atoms with Crippen molar-refractivity contribution in [2.75, 3.05) is 13.2 Å². The lowest BCUT2D eigenvalue weighted by molar-refractivity contribution is 0.103. The number of cyclic esters (lactones) is 1. The van der Waals surface area contributed by atoms with E-state index in [0.717, 1.165) is 0 Å². The molecule has 1 fully saturated rings. The predicted octanol–water partition coefficient (Wildman–Crippen LogP) is 0.584. The molecule has 0 aliphatic carbocycles. The van der Waals surface area contributed by atoms with E-state index in [1.54, 1.807) is 6.07 Å². The summed E-state index contributed by atoms with van der Waals surface area (Å²) in [5, 5.41) is 7.57. The van der Waals surface area contributed by atoms with E-state index in [-0.39, 0.29) is 17.3 Å². The fraction of sp³-hybridized carbons (Fsp3) is 0.300. The molecule has 1 atom stereocenters. The predicted molar refractivity (Wildman–Crippen MR) is 69.3 cm³/mol. The summed E-state index contributed by atoms with van der Waals surface area (Å²) in [6.45, 7) is 0.364. The number of alkyl carbamates (subject to hydrolysis) is 1. The Labute approximate surface area is 118 Å². The number of hydrogen-bond donors (Lipinski definition) is 2. The molecule has 19 heavy (non-hydrogen) atoms. The van der Waals surface area contributed by atoms with Crippen molar-refractivity contribution in [3.05, 3.63) is 22.7 Å². The number of primary sulfonamides is 1. The monoisotopic (exact) mass is 350 g/mol. The quantitative estimate of drug-likeness (QED) is 0.825. The van der Waals surface area contributed by atoms with Crippen LogP contribution in [0.15, 0.2) is 27.6 Å². The van der Waals surface area contributed by atoms with Crippen LogP contribution in [0.25, 0.3) is 0 Å². The summed E-state index contributed by atoms with van der Waals surface area (Å²) in [6, 6.07) is 4.46. The molecule has 0 spiro atoms. The van der Waals surface area contributed by atoms with Gasteiger partial charge in [-0.05, 0) is 18.2 Å². The molecular formula is C10H11BrN2O5S. The minimum absolute atomic E-state index is 0.0445. The molecule has 0 saturated carbocycles. The van der Waals surface area contributed by atoms with Gasteiger partial charge < -0.3 is 14.8 Å². The summed E-state index contributed by atoms with van der Waals surface area (Å²) in [6.07, 6.45) is -0.972. The third-order valence-electron chi connectivity index (χ3n) is 2.38. The Morgan fingerprint density at radius 2 is 2.26 bits per heavy atom. The molecule has 1 aliphatic rings. The van der Waals surface area contributed by atoms with Crippen LogP contribution in [0.2, 0.25) is 0 Å². The van der Waals surface area contributed by atoms with E-state index in [9.17, 15) is 13.2 Å². The topological polar surface area (TPSA) is 108 Å². The molecule has 1 aromatic carbocycles. The zero-order chi connectivity index (χ0) is 14.0. The van der Waals surface area contributed by atoms with E-state index in [1.807, 2.05) is 0 Å². The number of nitrogens with one attached hydrogen (secondary N) is 1. The van der Waals surface area contributed by atoms with Crippen molar-refractivity contribution in [2.24, 2.45) is 5.14 Å². The Kier molecular flexibility index (Phi) is 3.97. The van der Waals surface area contributed by atoms with Crippen LogP contribution in [0.4, 0.5) is 4.79 Å². The Morgan fingerprint density at radius 1 is 1.53 bits per heavy atom. The highest BCUT2D eigenvalue weighted by molar-refractivity contribution is 9.10. The maximum atomic E-state index is 11.4. The molecule has 0 radical (unpaired) electrons. The lowest BCUT2D eigenvalue weighted by atomic mass is 10.3. The Bertz CT molecular complexity index is 604. The number of amides is 1. The number of benzene rings is 1. The lowest BCUT2D eigenvalue weighted by Gasteiger charge is -2.13. The number of ether oxygens (including phenoxy) is 2. The summed E-state index contributed by atoms with van der Waals surface area (Å²) in [5.41, 5.74) is 0. The molecular weight excluding hydrogens is 340 g/mol. The highest BCUT2D eigenvalue weighted by Gasteiger charge is 2.24. The zero-order valence-electron chi connectivity index (χ0n) is 9.63. The number of halogens is 1. The third-order valence-corrected chi connectivity index (χ3v) is 3.81. The molecule has 1 amide bonds. The lowest BCUT2D eigenvalue weighted by Crippen LogP contribution is -2.23. The SMILES string of the molecule is NS(=O)(=O)c1cc(Br)ccc1OCC1CNC(=O)O1. The second-order valence-electron chi connectivity index (χ2n) is 3.86. The van der Waals surface area contributed by atoms with Gasteiger partial charge >= 0.3 is 6.09 Å². The van der Waals surface area contributed by atoms with Crippen LogP contribution >= 0.6 is 15.9 Å². The number of hydrogen-bond acceptors (Lipinski definition) is 5. The maximum absolute atomic E-state index is 11.4. The zero-order valence-corrected chi connectivity index (χ0v) is 12.0. The Morgan fingerprint density at radius 3 is 2.84 bits per heavy atom. The molecule has 7 nitrogen and oxygen atoms in total. The molecule has 1 saturated heterocycles. The van der Waals surface area contributed by atoms with E-state index in [1.165, 1.54) is 12.1 Å². The van der Waals surface area contributed by atoms with Crippen LogP contribution < -0.4 is 15.2 Å². The van der Waals surface area contributed by atoms with Gasteiger partial charge in [-0.15, -0.1) is 0 Å². The van der Waals surface area contributed by atoms with Gasteiger partial charge in [0.1, 0.15) is 17.3 Å². The minimum Gasteiger partial charge on any atom is -0.488 e. The van der Waals surface area contributed by atoms with Crippen molar-refractivity contribution in [2.45, 2.75) is 11.0 Å². The first-order chi connectivity index (χ1) is 8.86. The Balaban J connectivity index is 2.14. The molecule has 1 heterocycles. The minimum atomic E-state index is -3.89. The van der Waals surface area contributed by atoms with Gasteiger partial charge in [-0.25, -0.2) is 18.4 Å². The first-order valence-electron chi connectivity index (χ1n) is 5.26. The van der Waals surface area contributed by atoms with Gasteiger partial charge in [-0.3, -0.25) is 0 Å². The van der Waals surface area contributed by atoms with Crippen LogP contribution in [0.3, 0.4) is 0 Å². The van der Waals surface area contributed by atoms with Crippen molar-refractivity contribution in [1.82, 2.24) is 5.32 Å². The second kappa shape index (κ2) is 5.35. The van der Waals surface area contributed by atoms with E-state index in [4.69, 9.17) is 14.6 Å². The molecule has 9 heteroatoms. The molecule has 2 rings (SSSR count). The van der Waals surface area contributed by atoms with E-state index in [2.05, 4.69) is 21.2 Å². The molecule has 3 N–H and O–H groups in total. The van der Waals surface area contributed by atoms with Gasteiger partial charge in [0.15, 0.2) is 6.10 Å². The van der Waals surface area contributed by atoms with Crippen molar-refractivity contribution >= 4 is 32.0 Å². The molecule has 1 aromatic rings. The van der Waals surface area contributed by atoms with Gasteiger partial charge in [-0.2, -0.15) is 0 Å². The van der Waals surface area contributed by atoms with Crippen LogP contribution in [-0.4, -0.2) is 33.8 Å². The number of carbonyl (C=O) groups excluding carboxylic acids is 1. The van der Waals surface area contributed by atoms with Gasteiger partial charge in [0.05, 0.1) is 6.54 Å². The highest BCUT2D eigenvalue weighted by Crippen LogP contribution is 2.26. The van der Waals surface area contributed by atoms with Gasteiger partial charge in [0.25, 0.3) is 0 Å². The average Bonchev–Trinajstić information content (AvgIpc) is 2.72. The second-order valence-corrected chi connectivity index (χ2v) is 6.30. The van der Waals surface area contributed by atoms with Crippen LogP contribution in [-0.2, 0) is 14.8 Å². The summed E-state index contributed by atoms with van der Waals surface area (Å²) >= 11 is 3.16. The van der Waals surface area contributed by atoms with Gasteiger partial charge in [0, 0.05) is 4.47 Å². The fourth-order valence-corrected chi connectivity index (χ4v) is 2.74. The van der Waals surface area contributed by atoms with Crippen LogP contribution in [0.5, 0.6) is 5.75 Å². The summed E-state index contributed by atoms with van der Waals surface area (Å²) in [5.74, 6) is 0.119. The van der Waals surface area contributed by atoms with Crippen molar-refractivity contribution < 1.29 is 22.7 Å². The number of rotatable bonds is 4. The molecule has 1 aliphatic heterocycles. The van der Waals surface area contributed by atoms with Gasteiger partial charge in [-0.1, -0.05) is 15.9 Å². The average molecular weight is 351 g/mol. The normalized spacial score (nSPS) is 18.8. The Hall–Kier alpha value is -1.32. The molecule has 0 bridgehead atoms. The van der Waals surface area contributed by atoms with Crippen molar-refractivity contribution in [3.8, 4) is 5.75 Å². The van der Waals surface area contributed by atoms with Gasteiger partial charge in [0.2, 0.25) is 10.0 Å². The van der Waals surface area contributed by atoms with Crippen molar-refractivity contribution in [3.63, 3.8) is 0 Å². The fourth-order valence-electron chi connectivity index (χ4n) is 1.53. The molecule has 1 unspecified atom stereocenters. The first kappa shape index (κ1) is 14.1. The number of sulfonamides is 1. The maximum Gasteiger partial charge on any atom is 0.407 e. The smallest absolute Gasteiger partial charge is 0.407 e. The summed E-state index contributed by atoms with van der Waals surface area (Å²) in [7, 11) is -3.89. The summed E-state index contributed by atoms with van der Waals surface area (Å²) in [4.78, 5) is 10.7. The first-order valence-corrected chi connectivity index (χ1v) is 7.60. The van der Waals surface area contributed by atoms with Crippen LogP contribution in [0, 0.1) is 0 Å². The molecule has 104 valence electrons. The van der Waals surface area contributed by atoms with Crippen molar-refractivity contribution in [1.29, 1.82) is 0 Å². The highest BCUT2D eigenvalue weighted by atomic mass is 79.9. The van der Waals surface area contributed by atoms with Crippen LogP contribution in [0.1, 0.15) is 0 Å². The summed E-state index contributed by atoms with van der Waals surface area (Å²) < 4.78 is 33.7. The van der Waals surface area contributed by atoms with E-state index >= 15 is 0 Å². The number of nitrogens with two attached hydrogens (primary N) is 1. The van der Waals surface area contributed by atoms with E-state index in [0.29, 0.717) is 11.0 Å². The number of carbonyl (C=O) groups is 1. The largest absolute Gasteiger partial charge is 0.488 e.